The van der Waals surface area contributed by atoms with Gasteiger partial charge < -0.3 is 0 Å². The summed E-state index contributed by atoms with van der Waals surface area (Å²) >= 11 is 3.16. The maximum atomic E-state index is 12.4. The number of aryl methyl sites for hydroxylation is 1. The highest BCUT2D eigenvalue weighted by atomic mass is 79.9. The van der Waals surface area contributed by atoms with Crippen molar-refractivity contribution in [3.63, 3.8) is 0 Å². The Balaban J connectivity index is 3.43. The van der Waals surface area contributed by atoms with Gasteiger partial charge >= 0.3 is 0 Å². The molecule has 0 N–H and O–H groups in total. The third kappa shape index (κ3) is 1.90. The van der Waals surface area contributed by atoms with Crippen molar-refractivity contribution in [2.45, 2.75) is 18.7 Å². The van der Waals surface area contributed by atoms with Gasteiger partial charge in [0, 0.05) is 11.5 Å². The minimum atomic E-state index is -2.71. The van der Waals surface area contributed by atoms with Crippen LogP contribution >= 0.6 is 15.9 Å². The second kappa shape index (κ2) is 4.47. The summed E-state index contributed by atoms with van der Waals surface area (Å²) in [5, 5.41) is 9.14. The van der Waals surface area contributed by atoms with Crippen LogP contribution in [0.5, 0.6) is 0 Å². The molecule has 0 fully saturated rings. The molecule has 0 saturated carbocycles. The number of hydrogen-bond donors (Lipinski definition) is 0. The van der Waals surface area contributed by atoms with Crippen LogP contribution in [0.3, 0.4) is 0 Å². The molecule has 0 unspecified atom stereocenters. The molecule has 1 heterocycles. The first-order valence-electron chi connectivity index (χ1n) is 3.84. The molecule has 0 aliphatic heterocycles. The Bertz CT molecular complexity index is 385. The molecule has 0 aliphatic rings. The van der Waals surface area contributed by atoms with E-state index in [1.165, 1.54) is 6.20 Å². The van der Waals surface area contributed by atoms with Crippen LogP contribution < -0.4 is 0 Å². The van der Waals surface area contributed by atoms with Crippen molar-refractivity contribution in [3.05, 3.63) is 28.6 Å². The van der Waals surface area contributed by atoms with Crippen LogP contribution in [-0.4, -0.2) is 4.98 Å². The predicted octanol–water partition coefficient (Wildman–Crippen LogP) is 3.09. The van der Waals surface area contributed by atoms with E-state index in [0.29, 0.717) is 10.9 Å². The average molecular weight is 261 g/mol. The second-order valence-electron chi connectivity index (χ2n) is 2.73. The molecule has 0 bridgehead atoms. The smallest absolute Gasteiger partial charge is 0.254 e. The molecule has 1 aromatic rings. The molecular formula is C9H7BrF2N2. The van der Waals surface area contributed by atoms with Crippen molar-refractivity contribution in [2.24, 2.45) is 0 Å². The first kappa shape index (κ1) is 11.1. The van der Waals surface area contributed by atoms with Gasteiger partial charge in [-0.05, 0) is 18.1 Å². The third-order valence-electron chi connectivity index (χ3n) is 1.88. The number of alkyl halides is 3. The molecule has 2 nitrogen and oxygen atoms in total. The second-order valence-corrected chi connectivity index (χ2v) is 3.29. The lowest BCUT2D eigenvalue weighted by atomic mass is 10.0. The van der Waals surface area contributed by atoms with E-state index in [9.17, 15) is 8.78 Å². The number of hydrogen-bond acceptors (Lipinski definition) is 2. The van der Waals surface area contributed by atoms with Crippen LogP contribution in [0.2, 0.25) is 0 Å². The average Bonchev–Trinajstić information content (AvgIpc) is 2.16. The first-order chi connectivity index (χ1) is 6.61. The van der Waals surface area contributed by atoms with Gasteiger partial charge in [-0.25, -0.2) is 8.78 Å². The van der Waals surface area contributed by atoms with E-state index in [4.69, 9.17) is 5.26 Å². The first-order valence-corrected chi connectivity index (χ1v) is 4.96. The number of rotatable bonds is 2. The van der Waals surface area contributed by atoms with Crippen LogP contribution in [0.25, 0.3) is 0 Å². The molecule has 0 aromatic carbocycles. The molecular weight excluding hydrogens is 254 g/mol. The minimum Gasteiger partial charge on any atom is -0.254 e. The van der Waals surface area contributed by atoms with Gasteiger partial charge in [-0.1, -0.05) is 15.9 Å². The van der Waals surface area contributed by atoms with E-state index in [1.54, 1.807) is 13.0 Å². The Hall–Kier alpha value is -1.02. The fraction of sp³-hybridized carbons (Fsp3) is 0.333. The van der Waals surface area contributed by atoms with E-state index >= 15 is 0 Å². The summed E-state index contributed by atoms with van der Waals surface area (Å²) in [5.74, 6) is 0. The lowest BCUT2D eigenvalue weighted by Gasteiger charge is -2.08. The maximum Gasteiger partial charge on any atom is 0.281 e. The molecule has 5 heteroatoms. The van der Waals surface area contributed by atoms with Crippen molar-refractivity contribution in [1.82, 2.24) is 4.98 Å². The molecule has 0 amide bonds. The van der Waals surface area contributed by atoms with Crippen molar-refractivity contribution in [1.29, 1.82) is 5.26 Å². The SMILES string of the molecule is Cc1cnc(C(F)F)c(C#N)c1CBr. The van der Waals surface area contributed by atoms with Crippen LogP contribution in [0, 0.1) is 18.3 Å². The Morgan fingerprint density at radius 1 is 1.64 bits per heavy atom. The molecule has 74 valence electrons. The molecule has 0 spiro atoms. The van der Waals surface area contributed by atoms with Gasteiger partial charge in [0.25, 0.3) is 6.43 Å². The van der Waals surface area contributed by atoms with Crippen LogP contribution in [0.4, 0.5) is 8.78 Å². The fourth-order valence-electron chi connectivity index (χ4n) is 1.12. The lowest BCUT2D eigenvalue weighted by Crippen LogP contribution is -2.01. The monoisotopic (exact) mass is 260 g/mol. The van der Waals surface area contributed by atoms with E-state index in [1.807, 2.05) is 0 Å². The van der Waals surface area contributed by atoms with Gasteiger partial charge in [-0.3, -0.25) is 4.98 Å². The highest BCUT2D eigenvalue weighted by Gasteiger charge is 2.18. The molecule has 0 radical (unpaired) electrons. The number of nitriles is 1. The fourth-order valence-corrected chi connectivity index (χ4v) is 1.85. The lowest BCUT2D eigenvalue weighted by molar-refractivity contribution is 0.145. The number of pyridine rings is 1. The quantitative estimate of drug-likeness (QED) is 0.767. The van der Waals surface area contributed by atoms with E-state index in [2.05, 4.69) is 20.9 Å². The van der Waals surface area contributed by atoms with Crippen LogP contribution in [-0.2, 0) is 5.33 Å². The number of nitrogens with zero attached hydrogens (tertiary/aromatic N) is 2. The van der Waals surface area contributed by atoms with Crippen molar-refractivity contribution >= 4 is 15.9 Å². The molecule has 1 aromatic heterocycles. The largest absolute Gasteiger partial charge is 0.281 e. The van der Waals surface area contributed by atoms with Crippen LogP contribution in [0.15, 0.2) is 6.20 Å². The highest BCUT2D eigenvalue weighted by molar-refractivity contribution is 9.08. The maximum absolute atomic E-state index is 12.4. The van der Waals surface area contributed by atoms with Crippen molar-refractivity contribution in [2.75, 3.05) is 0 Å². The Labute approximate surface area is 88.7 Å². The normalized spacial score (nSPS) is 10.3. The zero-order chi connectivity index (χ0) is 10.7. The van der Waals surface area contributed by atoms with Crippen molar-refractivity contribution in [3.8, 4) is 6.07 Å². The number of halogens is 3. The molecule has 0 atom stereocenters. The molecule has 14 heavy (non-hydrogen) atoms. The zero-order valence-electron chi connectivity index (χ0n) is 7.39. The summed E-state index contributed by atoms with van der Waals surface area (Å²) in [6, 6.07) is 1.76. The van der Waals surface area contributed by atoms with Gasteiger partial charge in [0.05, 0.1) is 5.56 Å². The van der Waals surface area contributed by atoms with Crippen molar-refractivity contribution < 1.29 is 8.78 Å². The molecule has 0 aliphatic carbocycles. The van der Waals surface area contributed by atoms with Crippen LogP contribution in [0.1, 0.15) is 28.8 Å². The summed E-state index contributed by atoms with van der Waals surface area (Å²) in [7, 11) is 0. The summed E-state index contributed by atoms with van der Waals surface area (Å²) in [4.78, 5) is 3.56. The van der Waals surface area contributed by atoms with Gasteiger partial charge in [0.15, 0.2) is 0 Å². The van der Waals surface area contributed by atoms with Gasteiger partial charge in [-0.2, -0.15) is 5.26 Å². The summed E-state index contributed by atoms with van der Waals surface area (Å²) < 4.78 is 24.9. The minimum absolute atomic E-state index is 0.0168. The zero-order valence-corrected chi connectivity index (χ0v) is 8.98. The standard InChI is InChI=1S/C9H7BrF2N2/c1-5-4-14-8(9(11)12)7(3-13)6(5)2-10/h4,9H,2H2,1H3. The van der Waals surface area contributed by atoms with E-state index in [0.717, 1.165) is 5.56 Å². The molecule has 1 rings (SSSR count). The van der Waals surface area contributed by atoms with Gasteiger partial charge in [0.2, 0.25) is 0 Å². The summed E-state index contributed by atoms with van der Waals surface area (Å²) in [6.45, 7) is 1.74. The Morgan fingerprint density at radius 3 is 2.71 bits per heavy atom. The summed E-state index contributed by atoms with van der Waals surface area (Å²) in [5.41, 5.74) is 0.866. The summed E-state index contributed by atoms with van der Waals surface area (Å²) in [6.07, 6.45) is -1.35. The number of aromatic nitrogens is 1. The molecule has 0 saturated heterocycles. The van der Waals surface area contributed by atoms with Gasteiger partial charge in [0.1, 0.15) is 11.8 Å². The third-order valence-corrected chi connectivity index (χ3v) is 2.44. The highest BCUT2D eigenvalue weighted by Crippen LogP contribution is 2.25. The van der Waals surface area contributed by atoms with Gasteiger partial charge in [-0.15, -0.1) is 0 Å². The van der Waals surface area contributed by atoms with E-state index in [-0.39, 0.29) is 5.56 Å². The van der Waals surface area contributed by atoms with E-state index < -0.39 is 12.1 Å². The Kier molecular flexibility index (Phi) is 3.53. The topological polar surface area (TPSA) is 36.7 Å². The Morgan fingerprint density at radius 2 is 2.29 bits per heavy atom. The predicted molar refractivity (Wildman–Crippen MR) is 51.3 cm³/mol.